The molecule has 36 heavy (non-hydrogen) atoms. The summed E-state index contributed by atoms with van der Waals surface area (Å²) >= 11 is 0. The summed E-state index contributed by atoms with van der Waals surface area (Å²) in [4.78, 5) is 0. The van der Waals surface area contributed by atoms with Crippen molar-refractivity contribution in [3.05, 3.63) is 96.2 Å². The molecule has 2 aromatic heterocycles. The SMILES string of the molecule is C=CC1(C)[n+]2cc(-c3c(C(C)C)cccc3C(C)C)n3c4ccccc4c4cccc(c4c32)C1(C)C. The molecule has 0 N–H and O–H groups in total. The van der Waals surface area contributed by atoms with Crippen LogP contribution in [-0.2, 0) is 11.0 Å². The smallest absolute Gasteiger partial charge is 0.219 e. The Balaban J connectivity index is 1.95. The fraction of sp³-hybridized carbons (Fsp3) is 0.324. The zero-order valence-corrected chi connectivity index (χ0v) is 22.7. The number of rotatable bonds is 4. The highest BCUT2D eigenvalue weighted by molar-refractivity contribution is 6.13. The number of fused-ring (bicyclic) bond motifs is 3. The van der Waals surface area contributed by atoms with Crippen molar-refractivity contribution in [1.82, 2.24) is 4.40 Å². The van der Waals surface area contributed by atoms with Crippen LogP contribution in [0.25, 0.3) is 38.6 Å². The molecule has 0 aliphatic carbocycles. The van der Waals surface area contributed by atoms with Crippen molar-refractivity contribution < 1.29 is 4.57 Å². The van der Waals surface area contributed by atoms with Gasteiger partial charge in [0.15, 0.2) is 5.69 Å². The second-order valence-corrected chi connectivity index (χ2v) is 11.9. The molecule has 6 rings (SSSR count). The second kappa shape index (κ2) is 7.56. The van der Waals surface area contributed by atoms with Gasteiger partial charge in [-0.2, -0.15) is 4.40 Å². The molecular weight excluding hydrogens is 436 g/mol. The molecule has 1 aliphatic heterocycles. The topological polar surface area (TPSA) is 8.29 Å². The van der Waals surface area contributed by atoms with E-state index in [-0.39, 0.29) is 11.0 Å². The van der Waals surface area contributed by atoms with Gasteiger partial charge in [0, 0.05) is 21.8 Å². The van der Waals surface area contributed by atoms with E-state index in [9.17, 15) is 0 Å². The summed E-state index contributed by atoms with van der Waals surface area (Å²) in [5.74, 6) is 0.847. The molecule has 3 heterocycles. The van der Waals surface area contributed by atoms with Gasteiger partial charge in [-0.25, -0.2) is 4.57 Å². The second-order valence-electron chi connectivity index (χ2n) is 11.9. The fourth-order valence-electron chi connectivity index (χ4n) is 6.68. The van der Waals surface area contributed by atoms with Crippen LogP contribution in [0, 0.1) is 0 Å². The third-order valence-electron chi connectivity index (χ3n) is 9.12. The molecule has 0 spiro atoms. The molecule has 3 aromatic carbocycles. The predicted molar refractivity (Wildman–Crippen MR) is 153 cm³/mol. The highest BCUT2D eigenvalue weighted by atomic mass is 15.2. The molecule has 1 atom stereocenters. The summed E-state index contributed by atoms with van der Waals surface area (Å²) in [5, 5.41) is 3.99. The highest BCUT2D eigenvalue weighted by Crippen LogP contribution is 2.49. The number of imidazole rings is 1. The maximum absolute atomic E-state index is 4.38. The number of aromatic nitrogens is 2. The summed E-state index contributed by atoms with van der Waals surface area (Å²) in [6.45, 7) is 20.7. The lowest BCUT2D eigenvalue weighted by Crippen LogP contribution is -2.64. The molecule has 0 saturated carbocycles. The number of hydrogen-bond acceptors (Lipinski definition) is 0. The van der Waals surface area contributed by atoms with Gasteiger partial charge in [-0.1, -0.05) is 103 Å². The predicted octanol–water partition coefficient (Wildman–Crippen LogP) is 8.64. The van der Waals surface area contributed by atoms with Crippen LogP contribution in [0.1, 0.15) is 77.0 Å². The van der Waals surface area contributed by atoms with E-state index in [1.54, 1.807) is 0 Å². The number of benzene rings is 3. The van der Waals surface area contributed by atoms with Crippen LogP contribution in [0.5, 0.6) is 0 Å². The fourth-order valence-corrected chi connectivity index (χ4v) is 6.68. The molecule has 5 aromatic rings. The third-order valence-corrected chi connectivity index (χ3v) is 9.12. The number of nitrogens with zero attached hydrogens (tertiary/aromatic N) is 2. The number of hydrogen-bond donors (Lipinski definition) is 0. The number of para-hydroxylation sites is 1. The van der Waals surface area contributed by atoms with Gasteiger partial charge in [-0.05, 0) is 47.6 Å². The Hall–Kier alpha value is -3.39. The van der Waals surface area contributed by atoms with Crippen molar-refractivity contribution >= 4 is 27.3 Å². The first-order chi connectivity index (χ1) is 17.1. The van der Waals surface area contributed by atoms with Crippen LogP contribution in [0.3, 0.4) is 0 Å². The van der Waals surface area contributed by atoms with E-state index in [1.165, 1.54) is 55.3 Å². The van der Waals surface area contributed by atoms with Crippen molar-refractivity contribution in [3.63, 3.8) is 0 Å². The van der Waals surface area contributed by atoms with Crippen LogP contribution < -0.4 is 4.57 Å². The van der Waals surface area contributed by atoms with Crippen molar-refractivity contribution in [2.75, 3.05) is 0 Å². The van der Waals surface area contributed by atoms with E-state index in [0.717, 1.165) is 0 Å². The van der Waals surface area contributed by atoms with Crippen LogP contribution in [0.4, 0.5) is 0 Å². The largest absolute Gasteiger partial charge is 0.296 e. The van der Waals surface area contributed by atoms with Gasteiger partial charge in [-0.15, -0.1) is 0 Å². The molecule has 0 amide bonds. The van der Waals surface area contributed by atoms with Crippen LogP contribution in [-0.4, -0.2) is 4.40 Å². The first-order valence-electron chi connectivity index (χ1n) is 13.3. The van der Waals surface area contributed by atoms with Gasteiger partial charge < -0.3 is 0 Å². The van der Waals surface area contributed by atoms with E-state index in [1.807, 2.05) is 0 Å². The first kappa shape index (κ1) is 23.0. The van der Waals surface area contributed by atoms with Gasteiger partial charge in [0.1, 0.15) is 17.3 Å². The van der Waals surface area contributed by atoms with Crippen molar-refractivity contribution in [2.24, 2.45) is 0 Å². The summed E-state index contributed by atoms with van der Waals surface area (Å²) < 4.78 is 5.07. The minimum Gasteiger partial charge on any atom is -0.219 e. The average molecular weight is 474 g/mol. The van der Waals surface area contributed by atoms with Gasteiger partial charge in [0.25, 0.3) is 5.65 Å². The van der Waals surface area contributed by atoms with Crippen LogP contribution in [0.15, 0.2) is 79.5 Å². The van der Waals surface area contributed by atoms with Crippen LogP contribution in [0.2, 0.25) is 0 Å². The first-order valence-corrected chi connectivity index (χ1v) is 13.3. The van der Waals surface area contributed by atoms with Gasteiger partial charge >= 0.3 is 0 Å². The number of allylic oxidation sites excluding steroid dienone is 1. The van der Waals surface area contributed by atoms with E-state index in [2.05, 4.69) is 137 Å². The summed E-state index contributed by atoms with van der Waals surface area (Å²) in [6, 6.07) is 22.6. The molecule has 182 valence electrons. The molecule has 0 saturated heterocycles. The van der Waals surface area contributed by atoms with Crippen molar-refractivity contribution in [3.8, 4) is 11.3 Å². The van der Waals surface area contributed by atoms with Gasteiger partial charge in [-0.3, -0.25) is 0 Å². The van der Waals surface area contributed by atoms with E-state index >= 15 is 0 Å². The quantitative estimate of drug-likeness (QED) is 0.140. The molecule has 2 nitrogen and oxygen atoms in total. The van der Waals surface area contributed by atoms with Gasteiger partial charge in [0.2, 0.25) is 0 Å². The molecule has 2 heteroatoms. The zero-order valence-electron chi connectivity index (χ0n) is 22.7. The lowest BCUT2D eigenvalue weighted by atomic mass is 9.65. The Morgan fingerprint density at radius 2 is 1.42 bits per heavy atom. The Kier molecular flexibility index (Phi) is 4.83. The Morgan fingerprint density at radius 3 is 2.06 bits per heavy atom. The lowest BCUT2D eigenvalue weighted by molar-refractivity contribution is -0.735. The van der Waals surface area contributed by atoms with E-state index in [4.69, 9.17) is 0 Å². The summed E-state index contributed by atoms with van der Waals surface area (Å²) in [5.41, 5.74) is 8.96. The Bertz CT molecular complexity index is 1670. The van der Waals surface area contributed by atoms with Crippen molar-refractivity contribution in [2.45, 2.75) is 71.3 Å². The van der Waals surface area contributed by atoms with E-state index < -0.39 is 0 Å². The minimum atomic E-state index is -0.287. The molecule has 0 fully saturated rings. The molecule has 1 unspecified atom stereocenters. The average Bonchev–Trinajstić information content (AvgIpc) is 3.28. The monoisotopic (exact) mass is 473 g/mol. The maximum atomic E-state index is 4.38. The zero-order chi connectivity index (χ0) is 25.6. The third kappa shape index (κ3) is 2.70. The Morgan fingerprint density at radius 1 is 0.806 bits per heavy atom. The van der Waals surface area contributed by atoms with E-state index in [0.29, 0.717) is 11.8 Å². The maximum Gasteiger partial charge on any atom is 0.296 e. The normalized spacial score (nSPS) is 18.8. The summed E-state index contributed by atoms with van der Waals surface area (Å²) in [6.07, 6.45) is 4.58. The molecule has 0 radical (unpaired) electrons. The molecule has 0 bridgehead atoms. The number of pyridine rings is 1. The Labute approximate surface area is 214 Å². The highest BCUT2D eigenvalue weighted by Gasteiger charge is 2.52. The van der Waals surface area contributed by atoms with Crippen LogP contribution >= 0.6 is 0 Å². The van der Waals surface area contributed by atoms with Gasteiger partial charge in [0.05, 0.1) is 5.39 Å². The summed E-state index contributed by atoms with van der Waals surface area (Å²) in [7, 11) is 0. The molecular formula is C34H37N2+. The minimum absolute atomic E-state index is 0.133. The van der Waals surface area contributed by atoms with Crippen molar-refractivity contribution in [1.29, 1.82) is 0 Å². The lowest BCUT2D eigenvalue weighted by Gasteiger charge is -2.43. The standard InChI is InChI=1S/C34H37N2/c1-9-34(8)33(6,7)27-18-13-17-26-25-14-10-11-19-28(25)36-29(20-35(34)32(36)31(26)27)30-23(21(2)3)15-12-16-24(30)22(4)5/h9-22H,1H2,2-8H3/q+1. The molecule has 1 aliphatic rings.